The summed E-state index contributed by atoms with van der Waals surface area (Å²) in [6, 6.07) is 20.4. The van der Waals surface area contributed by atoms with Crippen molar-refractivity contribution in [1.82, 2.24) is 29.3 Å². The largest absolute Gasteiger partial charge is 0.478 e. The number of carbonyl (C=O) groups excluding carboxylic acids is 4. The number of aryl methyl sites for hydroxylation is 13. The molecule has 8 aromatic heterocycles. The van der Waals surface area contributed by atoms with E-state index in [4.69, 9.17) is 20.9 Å². The summed E-state index contributed by atoms with van der Waals surface area (Å²) in [6.07, 6.45) is 1.49. The molecule has 0 aliphatic heterocycles. The molecule has 11 N–H and O–H groups in total. The van der Waals surface area contributed by atoms with Gasteiger partial charge in [-0.25, -0.2) is 46.5 Å². The minimum Gasteiger partial charge on any atom is -0.478 e. The van der Waals surface area contributed by atoms with Crippen molar-refractivity contribution in [2.75, 3.05) is 10.6 Å². The van der Waals surface area contributed by atoms with E-state index in [1.165, 1.54) is 28.8 Å². The molecular weight excluding hydrogens is 1590 g/mol. The third-order valence-corrected chi connectivity index (χ3v) is 40.4. The van der Waals surface area contributed by atoms with Gasteiger partial charge >= 0.3 is 18.0 Å². The second-order valence-corrected chi connectivity index (χ2v) is 51.5. The second-order valence-electron chi connectivity index (χ2n) is 31.7. The first-order chi connectivity index (χ1) is 51.2. The number of pyridine rings is 5. The molecule has 0 radical (unpaired) electrons. The molecule has 0 saturated carbocycles. The highest BCUT2D eigenvalue weighted by Gasteiger charge is 2.41. The summed E-state index contributed by atoms with van der Waals surface area (Å²) in [5.74, 6) is -1.48. The van der Waals surface area contributed by atoms with E-state index >= 15 is 0 Å². The second kappa shape index (κ2) is 39.3. The van der Waals surface area contributed by atoms with Crippen molar-refractivity contribution in [3.63, 3.8) is 0 Å². The number of anilines is 2. The lowest BCUT2D eigenvalue weighted by Gasteiger charge is -2.37. The number of urea groups is 2. The quantitative estimate of drug-likeness (QED) is 0.0122. The maximum atomic E-state index is 14.4. The number of aliphatic imine (C=N–C) groups is 1. The van der Waals surface area contributed by atoms with Crippen molar-refractivity contribution in [2.45, 2.75) is 239 Å². The molecule has 37 heteroatoms. The Morgan fingerprint density at radius 1 is 0.496 bits per heavy atom. The number of carboxylic acids is 1. The number of carboxylic acid groups (broad SMARTS) is 1. The van der Waals surface area contributed by atoms with Gasteiger partial charge in [0.15, 0.2) is 18.2 Å². The van der Waals surface area contributed by atoms with Crippen LogP contribution >= 0.6 is 34.0 Å². The minimum atomic E-state index is -3.41. The van der Waals surface area contributed by atoms with E-state index in [-0.39, 0.29) is 14.3 Å². The van der Waals surface area contributed by atoms with Gasteiger partial charge in [0.1, 0.15) is 40.7 Å². The third kappa shape index (κ3) is 31.1. The van der Waals surface area contributed by atoms with E-state index in [0.717, 1.165) is 89.8 Å². The molecule has 8 rings (SSSR count). The smallest absolute Gasteiger partial charge is 0.354 e. The molecule has 0 aromatic carbocycles. The number of aromatic carboxylic acids is 1. The number of aromatic nitrogens is 5. The first-order valence-electron chi connectivity index (χ1n) is 35.2. The lowest BCUT2D eigenvalue weighted by molar-refractivity contribution is 0.0694. The van der Waals surface area contributed by atoms with E-state index < -0.39 is 87.0 Å². The van der Waals surface area contributed by atoms with Crippen LogP contribution in [0.2, 0.25) is 36.3 Å². The Balaban J connectivity index is 0.000000367. The highest BCUT2D eigenvalue weighted by Crippen LogP contribution is 2.42. The zero-order valence-electron chi connectivity index (χ0n) is 70.0. The van der Waals surface area contributed by atoms with E-state index in [2.05, 4.69) is 135 Å². The van der Waals surface area contributed by atoms with Crippen LogP contribution in [-0.2, 0) is 51.3 Å². The first-order valence-corrected chi connectivity index (χ1v) is 48.3. The number of thiophene rings is 3. The van der Waals surface area contributed by atoms with E-state index in [9.17, 15) is 51.9 Å². The van der Waals surface area contributed by atoms with E-state index in [0.29, 0.717) is 46.4 Å². The van der Waals surface area contributed by atoms with Crippen LogP contribution in [0.1, 0.15) is 192 Å². The Morgan fingerprint density at radius 3 is 1.19 bits per heavy atom. The summed E-state index contributed by atoms with van der Waals surface area (Å²) in [5.41, 5.74) is 17.3. The number of rotatable bonds is 14. The molecule has 3 atom stereocenters. The maximum Gasteiger partial charge on any atom is 0.354 e. The molecule has 8 heterocycles. The summed E-state index contributed by atoms with van der Waals surface area (Å²) < 4.78 is 57.1. The molecule has 0 aliphatic carbocycles. The zero-order valence-corrected chi connectivity index (χ0v) is 76.9. The van der Waals surface area contributed by atoms with Gasteiger partial charge in [-0.1, -0.05) is 54.6 Å². The fourth-order valence-corrected chi connectivity index (χ4v) is 26.4. The van der Waals surface area contributed by atoms with Crippen LogP contribution in [0.5, 0.6) is 0 Å². The number of nitrogens with zero attached hydrogens (tertiary/aromatic N) is 12. The highest BCUT2D eigenvalue weighted by molar-refractivity contribution is 7.95. The summed E-state index contributed by atoms with van der Waals surface area (Å²) in [6.45, 7) is 54.6. The van der Waals surface area contributed by atoms with Gasteiger partial charge in [-0.05, 0) is 261 Å². The van der Waals surface area contributed by atoms with Gasteiger partial charge in [-0.15, -0.1) is 42.7 Å². The Hall–Kier alpha value is -8.34. The highest BCUT2D eigenvalue weighted by atomic mass is 32.2. The van der Waals surface area contributed by atoms with E-state index in [1.807, 2.05) is 53.7 Å². The van der Waals surface area contributed by atoms with Crippen molar-refractivity contribution >= 4 is 127 Å². The van der Waals surface area contributed by atoms with Crippen molar-refractivity contribution in [2.24, 2.45) is 33.1 Å². The van der Waals surface area contributed by atoms with Gasteiger partial charge in [-0.2, -0.15) is 4.99 Å². The SMILES string of the molecule is Cc1cc(C(=O)N=[N+]=[N-])cc(C)n1.Cc1cc(C(=O)O)cc(C)n1.Cc1cc(C(C)(C)O)sc1S(N)(=O)=N[Si](C)(C)C(C)(C)C.Cc1cc(N=C=O)cc(C)n1.Cc1cc(NC(=O)N=S(=O)(N[Si](C)(C)C(C)(C)C)c2sc(C(C)(C)O)cc2C)cc(C)n1.Cc1cc(NC(=O)N=S(N)(=O)c2cc(C)c(C(C)(C)O)s2)cc(C)n1. The lowest BCUT2D eigenvalue weighted by Crippen LogP contribution is -2.54. The Kier molecular flexibility index (Phi) is 34.4. The summed E-state index contributed by atoms with van der Waals surface area (Å²) >= 11 is 3.62. The number of hydrogen-bond donors (Lipinski definition) is 9. The average molecular weight is 1700 g/mol. The lowest BCUT2D eigenvalue weighted by atomic mass is 10.1. The molecule has 3 unspecified atom stereocenters. The van der Waals surface area contributed by atoms with Gasteiger partial charge in [0.25, 0.3) is 0 Å². The van der Waals surface area contributed by atoms with Crippen LogP contribution in [0.15, 0.2) is 114 Å². The Labute approximate surface area is 680 Å². The van der Waals surface area contributed by atoms with Gasteiger partial charge in [0.05, 0.1) is 28.1 Å². The van der Waals surface area contributed by atoms with Gasteiger partial charge < -0.3 is 31.1 Å². The van der Waals surface area contributed by atoms with Crippen molar-refractivity contribution in [3.05, 3.63) is 189 Å². The molecule has 0 saturated heterocycles. The van der Waals surface area contributed by atoms with Crippen molar-refractivity contribution < 1.29 is 57.0 Å². The number of nitrogens with two attached hydrogens (primary N) is 2. The Bertz CT molecular complexity index is 5180. The molecule has 0 bridgehead atoms. The third-order valence-electron chi connectivity index (χ3n) is 16.8. The number of carbonyl (C=O) groups is 4. The molecule has 8 aromatic rings. The number of isocyanates is 1. The molecule has 616 valence electrons. The van der Waals surface area contributed by atoms with Crippen LogP contribution in [0.25, 0.3) is 10.4 Å². The zero-order chi connectivity index (χ0) is 87.1. The Morgan fingerprint density at radius 2 is 0.858 bits per heavy atom. The molecule has 29 nitrogen and oxygen atoms in total. The van der Waals surface area contributed by atoms with Crippen LogP contribution in [0.3, 0.4) is 0 Å². The predicted molar refractivity (Wildman–Crippen MR) is 460 cm³/mol. The van der Waals surface area contributed by atoms with Crippen molar-refractivity contribution in [3.8, 4) is 0 Å². The van der Waals surface area contributed by atoms with Crippen LogP contribution in [0.4, 0.5) is 26.7 Å². The summed E-state index contributed by atoms with van der Waals surface area (Å²) in [5, 5.41) is 59.4. The molecule has 5 amide bonds. The van der Waals surface area contributed by atoms with Gasteiger partial charge in [0.2, 0.25) is 12.0 Å². The van der Waals surface area contributed by atoms with Gasteiger partial charge in [0, 0.05) is 93.4 Å². The number of nitrogens with one attached hydrogen (secondary N) is 3. The number of aliphatic hydroxyl groups is 3. The van der Waals surface area contributed by atoms with Crippen LogP contribution in [-0.4, -0.2) is 104 Å². The van der Waals surface area contributed by atoms with Crippen molar-refractivity contribution in [1.29, 1.82) is 0 Å². The number of hydrogen-bond acceptors (Lipinski definition) is 21. The fraction of sp³-hybridized carbons (Fsp3) is 0.447. The summed E-state index contributed by atoms with van der Waals surface area (Å²) in [7, 11) is -14.1. The molecule has 113 heavy (non-hydrogen) atoms. The normalized spacial score (nSPS) is 13.2. The minimum absolute atomic E-state index is 0.0146. The molecule has 0 spiro atoms. The van der Waals surface area contributed by atoms with Crippen LogP contribution < -0.4 is 25.3 Å². The average Bonchev–Trinajstić information content (AvgIpc) is 1.71. The van der Waals surface area contributed by atoms with Crippen LogP contribution in [0, 0.1) is 90.0 Å². The molecule has 0 aliphatic rings. The van der Waals surface area contributed by atoms with Gasteiger partial charge in [-0.3, -0.25) is 33.7 Å². The predicted octanol–water partition coefficient (Wildman–Crippen LogP) is 18.3. The number of azide groups is 1. The standard InChI is InChI=1S/C22H36N4O3S2Si.C16H22N4O3S2.C14H28N2O2S2Si.C8H8N4O.C8H8N2O.C8H9NO2/c1-14-11-18(22(7,8)28)30-19(14)31(29,26-32(9,10)21(4,5)6)25-20(27)24-17-12-15(2)23-16(3)13-17;1-9-6-13(24-14(9)16(4,5)22)25(17,23)20-15(21)19-12-7-10(2)18-11(3)8-12;1-10-9-11(14(5,6)17)19-12(10)20(15,18)16-21(7,8)13(2,3)4;1-5-3-7(4-6(2)10-5)8(13)11-12-9;1-6-3-8(9-5-11)4-7(2)10-6;1-5-3-7(8(10)11)4-6(2)9-5/h11-13,28H,1-10H3,(H2,23,24,25,26,27,29);6-8,22H,1-5H3,(H3,17,18,19,20,21,23);9,17H,1-8H3,(H2,15,16,18);3-4H,1-2H3;3-4H,1-2H3;3-4H,1-2H3,(H,10,11). The summed E-state index contributed by atoms with van der Waals surface area (Å²) in [4.78, 5) is 85.3. The first kappa shape index (κ1) is 98.9. The van der Waals surface area contributed by atoms with E-state index in [1.54, 1.807) is 157 Å². The molecule has 0 fully saturated rings. The monoisotopic (exact) mass is 1700 g/mol. The molecular formula is C76H111N17O12S6Si2. The topological polar surface area (TPSA) is 468 Å². The number of amides is 5. The maximum absolute atomic E-state index is 14.4. The fourth-order valence-electron chi connectivity index (χ4n) is 9.76.